The minimum Gasteiger partial charge on any atom is -0.483 e. The predicted octanol–water partition coefficient (Wildman–Crippen LogP) is 6.41. The molecule has 0 aliphatic rings. The fourth-order valence-electron chi connectivity index (χ4n) is 2.29. The van der Waals surface area contributed by atoms with Crippen LogP contribution in [-0.2, 0) is 4.79 Å². The number of halogens is 1. The van der Waals surface area contributed by atoms with Gasteiger partial charge < -0.3 is 5.11 Å². The maximum absolute atomic E-state index is 8.36. The maximum atomic E-state index is 8.36. The normalized spacial score (nSPS) is 9.90. The molecule has 0 saturated carbocycles. The highest BCUT2D eigenvalue weighted by atomic mass is 35.5. The Hall–Kier alpha value is -0.240. The molecule has 0 aromatic heterocycles. The first kappa shape index (κ1) is 22.0. The summed E-state index contributed by atoms with van der Waals surface area (Å²) in [6.45, 7) is 2.03. The van der Waals surface area contributed by atoms with Gasteiger partial charge in [-0.3, -0.25) is 4.79 Å². The molecule has 0 spiro atoms. The van der Waals surface area contributed by atoms with Crippen LogP contribution in [0.5, 0.6) is 0 Å². The number of carboxylic acid groups (broad SMARTS) is 1. The van der Waals surface area contributed by atoms with Gasteiger partial charge in [0.1, 0.15) is 0 Å². The van der Waals surface area contributed by atoms with Crippen LogP contribution in [0.1, 0.15) is 96.8 Å². The van der Waals surface area contributed by atoms with E-state index in [1.165, 1.54) is 89.9 Å². The summed E-state index contributed by atoms with van der Waals surface area (Å²) in [4.78, 5) is 8.36. The Balaban J connectivity index is 0. The van der Waals surface area contributed by atoms with Crippen molar-refractivity contribution in [2.24, 2.45) is 0 Å². The SMILES string of the molecule is CCCCCCCCCCCCCCCCCl.O=CO. The van der Waals surface area contributed by atoms with Crippen LogP contribution in [0.15, 0.2) is 0 Å². The maximum Gasteiger partial charge on any atom is 0.290 e. The van der Waals surface area contributed by atoms with Gasteiger partial charge in [0.15, 0.2) is 0 Å². The Morgan fingerprint density at radius 3 is 1.20 bits per heavy atom. The fraction of sp³-hybridized carbons (Fsp3) is 0.941. The summed E-state index contributed by atoms with van der Waals surface area (Å²) in [5.74, 6) is 0.845. The van der Waals surface area contributed by atoms with Crippen molar-refractivity contribution in [2.75, 3.05) is 5.88 Å². The third-order valence-corrected chi connectivity index (χ3v) is 3.75. The topological polar surface area (TPSA) is 37.3 Å². The molecule has 0 aromatic rings. The molecule has 20 heavy (non-hydrogen) atoms. The van der Waals surface area contributed by atoms with Crippen LogP contribution in [0.2, 0.25) is 0 Å². The second-order valence-electron chi connectivity index (χ2n) is 5.39. The summed E-state index contributed by atoms with van der Waals surface area (Å²) in [6, 6.07) is 0. The van der Waals surface area contributed by atoms with Crippen LogP contribution in [-0.4, -0.2) is 17.5 Å². The zero-order valence-corrected chi connectivity index (χ0v) is 14.2. The number of alkyl halides is 1. The van der Waals surface area contributed by atoms with Crippen molar-refractivity contribution >= 4 is 18.1 Å². The summed E-state index contributed by atoms with van der Waals surface area (Å²) >= 11 is 5.64. The molecule has 1 N–H and O–H groups in total. The molecule has 0 aliphatic carbocycles. The lowest BCUT2D eigenvalue weighted by Gasteiger charge is -2.02. The van der Waals surface area contributed by atoms with Gasteiger partial charge in [-0.15, -0.1) is 11.6 Å². The highest BCUT2D eigenvalue weighted by Crippen LogP contribution is 2.12. The molecule has 0 bridgehead atoms. The Morgan fingerprint density at radius 1 is 0.700 bits per heavy atom. The summed E-state index contributed by atoms with van der Waals surface area (Å²) in [5.41, 5.74) is 0. The van der Waals surface area contributed by atoms with Gasteiger partial charge in [-0.2, -0.15) is 0 Å². The Kier molecular flexibility index (Phi) is 26.3. The highest BCUT2D eigenvalue weighted by molar-refractivity contribution is 6.17. The van der Waals surface area contributed by atoms with Gasteiger partial charge in [0.2, 0.25) is 0 Å². The molecule has 0 aromatic carbocycles. The molecule has 0 saturated heterocycles. The van der Waals surface area contributed by atoms with Crippen LogP contribution in [0.4, 0.5) is 0 Å². The fourth-order valence-corrected chi connectivity index (χ4v) is 2.48. The van der Waals surface area contributed by atoms with Crippen molar-refractivity contribution in [1.29, 1.82) is 0 Å². The molecule has 0 heterocycles. The Labute approximate surface area is 131 Å². The van der Waals surface area contributed by atoms with Crippen LogP contribution >= 0.6 is 11.6 Å². The zero-order chi connectivity index (χ0) is 15.3. The van der Waals surface area contributed by atoms with Gasteiger partial charge in [0, 0.05) is 5.88 Å². The Bertz CT molecular complexity index is 149. The second kappa shape index (κ2) is 23.8. The lowest BCUT2D eigenvalue weighted by atomic mass is 10.0. The quantitative estimate of drug-likeness (QED) is 0.229. The van der Waals surface area contributed by atoms with Crippen LogP contribution < -0.4 is 0 Å². The first-order valence-corrected chi connectivity index (χ1v) is 9.00. The molecular formula is C17H35ClO2. The molecule has 0 aliphatic heterocycles. The molecule has 3 heteroatoms. The van der Waals surface area contributed by atoms with Gasteiger partial charge in [-0.05, 0) is 6.42 Å². The number of rotatable bonds is 14. The van der Waals surface area contributed by atoms with E-state index in [2.05, 4.69) is 6.92 Å². The summed E-state index contributed by atoms with van der Waals surface area (Å²) in [5, 5.41) is 6.89. The van der Waals surface area contributed by atoms with Gasteiger partial charge in [0.05, 0.1) is 0 Å². The molecule has 0 atom stereocenters. The standard InChI is InChI=1S/C16H33Cl.CH2O2/c1-2-3-4-5-6-7-8-9-10-11-12-13-14-15-16-17;2-1-3/h2-16H2,1H3;1H,(H,2,3). The monoisotopic (exact) mass is 306 g/mol. The van der Waals surface area contributed by atoms with E-state index in [0.717, 1.165) is 5.88 Å². The van der Waals surface area contributed by atoms with Crippen molar-refractivity contribution in [3.05, 3.63) is 0 Å². The molecule has 0 fully saturated rings. The minimum absolute atomic E-state index is 0.250. The van der Waals surface area contributed by atoms with Crippen molar-refractivity contribution in [1.82, 2.24) is 0 Å². The smallest absolute Gasteiger partial charge is 0.290 e. The van der Waals surface area contributed by atoms with Crippen LogP contribution in [0.3, 0.4) is 0 Å². The molecule has 0 rings (SSSR count). The van der Waals surface area contributed by atoms with Crippen molar-refractivity contribution in [3.63, 3.8) is 0 Å². The number of unbranched alkanes of at least 4 members (excludes halogenated alkanes) is 13. The summed E-state index contributed by atoms with van der Waals surface area (Å²) in [7, 11) is 0. The number of hydrogen-bond acceptors (Lipinski definition) is 1. The molecule has 0 unspecified atom stereocenters. The van der Waals surface area contributed by atoms with Crippen molar-refractivity contribution < 1.29 is 9.90 Å². The molecule has 0 amide bonds. The van der Waals surface area contributed by atoms with Gasteiger partial charge in [0.25, 0.3) is 6.47 Å². The van der Waals surface area contributed by atoms with Gasteiger partial charge >= 0.3 is 0 Å². The molecule has 122 valence electrons. The number of hydrogen-bond donors (Lipinski definition) is 1. The number of carbonyl (C=O) groups is 1. The summed E-state index contributed by atoms with van der Waals surface area (Å²) in [6.07, 6.45) is 19.8. The van der Waals surface area contributed by atoms with E-state index < -0.39 is 0 Å². The van der Waals surface area contributed by atoms with Crippen molar-refractivity contribution in [3.8, 4) is 0 Å². The van der Waals surface area contributed by atoms with E-state index in [0.29, 0.717) is 0 Å². The molecular weight excluding hydrogens is 272 g/mol. The van der Waals surface area contributed by atoms with E-state index in [9.17, 15) is 0 Å². The van der Waals surface area contributed by atoms with Crippen LogP contribution in [0, 0.1) is 0 Å². The largest absolute Gasteiger partial charge is 0.483 e. The minimum atomic E-state index is -0.250. The third kappa shape index (κ3) is 26.3. The van der Waals surface area contributed by atoms with Crippen LogP contribution in [0.25, 0.3) is 0 Å². The zero-order valence-electron chi connectivity index (χ0n) is 13.4. The van der Waals surface area contributed by atoms with E-state index in [1.54, 1.807) is 0 Å². The van der Waals surface area contributed by atoms with E-state index in [4.69, 9.17) is 21.5 Å². The van der Waals surface area contributed by atoms with E-state index >= 15 is 0 Å². The lowest BCUT2D eigenvalue weighted by molar-refractivity contribution is -0.122. The molecule has 2 nitrogen and oxygen atoms in total. The lowest BCUT2D eigenvalue weighted by Crippen LogP contribution is -1.83. The van der Waals surface area contributed by atoms with E-state index in [1.807, 2.05) is 0 Å². The van der Waals surface area contributed by atoms with Gasteiger partial charge in [-0.1, -0.05) is 90.4 Å². The molecule has 0 radical (unpaired) electrons. The average Bonchev–Trinajstić information content (AvgIpc) is 2.45. The third-order valence-electron chi connectivity index (χ3n) is 3.49. The Morgan fingerprint density at radius 2 is 0.950 bits per heavy atom. The first-order valence-electron chi connectivity index (χ1n) is 8.47. The second-order valence-corrected chi connectivity index (χ2v) is 5.77. The van der Waals surface area contributed by atoms with E-state index in [-0.39, 0.29) is 6.47 Å². The average molecular weight is 307 g/mol. The first-order chi connectivity index (χ1) is 9.83. The van der Waals surface area contributed by atoms with Gasteiger partial charge in [-0.25, -0.2) is 0 Å². The van der Waals surface area contributed by atoms with Crippen molar-refractivity contribution in [2.45, 2.75) is 96.8 Å². The highest BCUT2D eigenvalue weighted by Gasteiger charge is 1.93. The summed E-state index contributed by atoms with van der Waals surface area (Å²) < 4.78 is 0. The predicted molar refractivity (Wildman–Crippen MR) is 89.7 cm³/mol.